The summed E-state index contributed by atoms with van der Waals surface area (Å²) in [5.74, 6) is -0.833. The first-order valence-electron chi connectivity index (χ1n) is 7.99. The average molecular weight is 270 g/mol. The number of carbonyl (C=O) groups is 1. The fraction of sp³-hybridized carbons (Fsp3) is 0.824. The van der Waals surface area contributed by atoms with Crippen molar-refractivity contribution >= 4 is 5.97 Å². The van der Waals surface area contributed by atoms with E-state index in [2.05, 4.69) is 26.0 Å². The van der Waals surface area contributed by atoms with E-state index in [9.17, 15) is 0 Å². The standard InChI is InChI=1S/C15H30.C2H4O2/c1-3-5-7-9-11-13-15-14-12-10-8-6-4-2;1-2(3)4/h9,11H,3-8,10,12-15H2,1-2H3;1H3,(H,3,4)/b11-9-;. The van der Waals surface area contributed by atoms with Crippen molar-refractivity contribution in [3.8, 4) is 0 Å². The van der Waals surface area contributed by atoms with E-state index in [1.54, 1.807) is 0 Å². The normalized spacial score (nSPS) is 10.3. The Morgan fingerprint density at radius 3 is 1.63 bits per heavy atom. The van der Waals surface area contributed by atoms with Gasteiger partial charge in [-0.15, -0.1) is 0 Å². The highest BCUT2D eigenvalue weighted by molar-refractivity contribution is 5.62. The van der Waals surface area contributed by atoms with Gasteiger partial charge in [-0.25, -0.2) is 0 Å². The van der Waals surface area contributed by atoms with Crippen molar-refractivity contribution in [1.29, 1.82) is 0 Å². The molecule has 2 nitrogen and oxygen atoms in total. The molecule has 2 heteroatoms. The number of rotatable bonds is 11. The van der Waals surface area contributed by atoms with Gasteiger partial charge in [0.25, 0.3) is 5.97 Å². The van der Waals surface area contributed by atoms with Gasteiger partial charge in [0.1, 0.15) is 0 Å². The molecular formula is C17H34O2. The van der Waals surface area contributed by atoms with Crippen molar-refractivity contribution in [3.63, 3.8) is 0 Å². The predicted molar refractivity (Wildman–Crippen MR) is 84.6 cm³/mol. The number of allylic oxidation sites excluding steroid dienone is 2. The third-order valence-electron chi connectivity index (χ3n) is 2.87. The lowest BCUT2D eigenvalue weighted by Gasteiger charge is -1.98. The molecular weight excluding hydrogens is 236 g/mol. The molecule has 114 valence electrons. The quantitative estimate of drug-likeness (QED) is 0.371. The highest BCUT2D eigenvalue weighted by Gasteiger charge is 1.89. The average Bonchev–Trinajstić information content (AvgIpc) is 2.35. The van der Waals surface area contributed by atoms with Crippen LogP contribution in [-0.2, 0) is 4.79 Å². The lowest BCUT2D eigenvalue weighted by molar-refractivity contribution is -0.134. The third-order valence-corrected chi connectivity index (χ3v) is 2.87. The molecule has 1 N–H and O–H groups in total. The Hall–Kier alpha value is -0.790. The first-order valence-corrected chi connectivity index (χ1v) is 7.99. The van der Waals surface area contributed by atoms with E-state index in [0.29, 0.717) is 0 Å². The highest BCUT2D eigenvalue weighted by Crippen LogP contribution is 2.08. The van der Waals surface area contributed by atoms with Crippen LogP contribution < -0.4 is 0 Å². The first-order chi connectivity index (χ1) is 9.15. The smallest absolute Gasteiger partial charge is 0.300 e. The van der Waals surface area contributed by atoms with Crippen LogP contribution >= 0.6 is 0 Å². The van der Waals surface area contributed by atoms with Crippen LogP contribution in [0, 0.1) is 0 Å². The van der Waals surface area contributed by atoms with Crippen LogP contribution in [-0.4, -0.2) is 11.1 Å². The predicted octanol–water partition coefficient (Wildman–Crippen LogP) is 5.96. The Labute approximate surface area is 120 Å². The second-order valence-corrected chi connectivity index (χ2v) is 5.04. The number of unbranched alkanes of at least 4 members (excludes halogenated alkanes) is 9. The second kappa shape index (κ2) is 19.5. The summed E-state index contributed by atoms with van der Waals surface area (Å²) in [5.41, 5.74) is 0. The fourth-order valence-electron chi connectivity index (χ4n) is 1.78. The van der Waals surface area contributed by atoms with Gasteiger partial charge in [0, 0.05) is 6.92 Å². The fourth-order valence-corrected chi connectivity index (χ4v) is 1.78. The van der Waals surface area contributed by atoms with Crippen LogP contribution in [0.3, 0.4) is 0 Å². The Morgan fingerprint density at radius 1 is 0.789 bits per heavy atom. The minimum absolute atomic E-state index is 0.833. The minimum Gasteiger partial charge on any atom is -0.481 e. The van der Waals surface area contributed by atoms with Crippen molar-refractivity contribution in [3.05, 3.63) is 12.2 Å². The zero-order valence-electron chi connectivity index (χ0n) is 13.3. The van der Waals surface area contributed by atoms with Crippen LogP contribution in [0.5, 0.6) is 0 Å². The number of hydrogen-bond acceptors (Lipinski definition) is 1. The molecule has 0 fully saturated rings. The maximum absolute atomic E-state index is 9.00. The van der Waals surface area contributed by atoms with Crippen LogP contribution in [0.15, 0.2) is 12.2 Å². The molecule has 0 atom stereocenters. The van der Waals surface area contributed by atoms with Crippen molar-refractivity contribution in [1.82, 2.24) is 0 Å². The topological polar surface area (TPSA) is 37.3 Å². The molecule has 0 aromatic rings. The van der Waals surface area contributed by atoms with Gasteiger partial charge in [0.2, 0.25) is 0 Å². The van der Waals surface area contributed by atoms with E-state index in [0.717, 1.165) is 6.92 Å². The molecule has 0 aromatic heterocycles. The number of carboxylic acid groups (broad SMARTS) is 1. The Morgan fingerprint density at radius 2 is 1.16 bits per heavy atom. The summed E-state index contributed by atoms with van der Waals surface area (Å²) in [5, 5.41) is 7.42. The van der Waals surface area contributed by atoms with Crippen LogP contribution in [0.2, 0.25) is 0 Å². The molecule has 0 bridgehead atoms. The molecule has 0 aliphatic carbocycles. The van der Waals surface area contributed by atoms with E-state index in [-0.39, 0.29) is 0 Å². The van der Waals surface area contributed by atoms with Gasteiger partial charge >= 0.3 is 0 Å². The van der Waals surface area contributed by atoms with Gasteiger partial charge in [0.15, 0.2) is 0 Å². The molecule has 0 amide bonds. The van der Waals surface area contributed by atoms with E-state index < -0.39 is 5.97 Å². The van der Waals surface area contributed by atoms with Crippen molar-refractivity contribution in [2.45, 2.75) is 91.4 Å². The van der Waals surface area contributed by atoms with Crippen LogP contribution in [0.1, 0.15) is 91.4 Å². The molecule has 19 heavy (non-hydrogen) atoms. The van der Waals surface area contributed by atoms with Gasteiger partial charge < -0.3 is 5.11 Å². The summed E-state index contributed by atoms with van der Waals surface area (Å²) in [6.07, 6.45) is 20.0. The van der Waals surface area contributed by atoms with E-state index in [1.807, 2.05) is 0 Å². The summed E-state index contributed by atoms with van der Waals surface area (Å²) < 4.78 is 0. The van der Waals surface area contributed by atoms with Gasteiger partial charge in [-0.1, -0.05) is 77.4 Å². The molecule has 0 aromatic carbocycles. The molecule has 0 unspecified atom stereocenters. The zero-order chi connectivity index (χ0) is 14.8. The van der Waals surface area contributed by atoms with E-state index >= 15 is 0 Å². The number of aliphatic carboxylic acids is 1. The number of hydrogen-bond donors (Lipinski definition) is 1. The molecule has 0 saturated heterocycles. The monoisotopic (exact) mass is 270 g/mol. The molecule has 0 aliphatic heterocycles. The van der Waals surface area contributed by atoms with E-state index in [1.165, 1.54) is 70.6 Å². The minimum atomic E-state index is -0.833. The lowest BCUT2D eigenvalue weighted by Crippen LogP contribution is -1.78. The molecule has 0 rings (SSSR count). The maximum Gasteiger partial charge on any atom is 0.300 e. The van der Waals surface area contributed by atoms with Gasteiger partial charge in [0.05, 0.1) is 0 Å². The van der Waals surface area contributed by atoms with Crippen LogP contribution in [0.25, 0.3) is 0 Å². The van der Waals surface area contributed by atoms with E-state index in [4.69, 9.17) is 9.90 Å². The van der Waals surface area contributed by atoms with Gasteiger partial charge in [-0.05, 0) is 19.3 Å². The molecule has 0 spiro atoms. The van der Waals surface area contributed by atoms with Gasteiger partial charge in [-0.2, -0.15) is 0 Å². The van der Waals surface area contributed by atoms with Gasteiger partial charge in [-0.3, -0.25) is 4.79 Å². The summed E-state index contributed by atoms with van der Waals surface area (Å²) in [6.45, 7) is 5.62. The van der Waals surface area contributed by atoms with Crippen LogP contribution in [0.4, 0.5) is 0 Å². The second-order valence-electron chi connectivity index (χ2n) is 5.04. The molecule has 0 heterocycles. The first kappa shape index (κ1) is 20.5. The maximum atomic E-state index is 9.00. The van der Waals surface area contributed by atoms with Crippen molar-refractivity contribution in [2.24, 2.45) is 0 Å². The summed E-state index contributed by atoms with van der Waals surface area (Å²) in [6, 6.07) is 0. The highest BCUT2D eigenvalue weighted by atomic mass is 16.4. The Bertz CT molecular complexity index is 193. The summed E-state index contributed by atoms with van der Waals surface area (Å²) in [7, 11) is 0. The SMILES string of the molecule is CC(=O)O.CCCC/C=C\CCCCCCCCC. The summed E-state index contributed by atoms with van der Waals surface area (Å²) >= 11 is 0. The molecule has 0 aliphatic rings. The Kier molecular flexibility index (Phi) is 21.1. The third kappa shape index (κ3) is 31.7. The molecule has 0 radical (unpaired) electrons. The number of carboxylic acids is 1. The lowest BCUT2D eigenvalue weighted by atomic mass is 10.1. The summed E-state index contributed by atoms with van der Waals surface area (Å²) in [4.78, 5) is 9.00. The molecule has 0 saturated carbocycles. The van der Waals surface area contributed by atoms with Crippen molar-refractivity contribution < 1.29 is 9.90 Å². The van der Waals surface area contributed by atoms with Crippen molar-refractivity contribution in [2.75, 3.05) is 0 Å². The zero-order valence-corrected chi connectivity index (χ0v) is 13.3. The largest absolute Gasteiger partial charge is 0.481 e. The Balaban J connectivity index is 0.